The largest absolute Gasteiger partial charge is 0.372 e. The van der Waals surface area contributed by atoms with Crippen LogP contribution in [0.3, 0.4) is 0 Å². The van der Waals surface area contributed by atoms with E-state index in [1.807, 2.05) is 12.1 Å². The van der Waals surface area contributed by atoms with Gasteiger partial charge in [-0.2, -0.15) is 0 Å². The Labute approximate surface area is 109 Å². The second-order valence-corrected chi connectivity index (χ2v) is 5.15. The number of hydrogen-bond donors (Lipinski definition) is 1. The van der Waals surface area contributed by atoms with Crippen LogP contribution in [0.2, 0.25) is 0 Å². The molecular weight excluding hydrogens is 227 g/mol. The first kappa shape index (κ1) is 13.3. The molecule has 0 bridgehead atoms. The first-order valence-electron chi connectivity index (χ1n) is 6.92. The Bertz CT molecular complexity index is 355. The summed E-state index contributed by atoms with van der Waals surface area (Å²) in [5.74, 6) is -0.164. The Morgan fingerprint density at radius 1 is 1.17 bits per heavy atom. The molecule has 0 unspecified atom stereocenters. The standard InChI is InChI=1S/C15H23FN2/c1-3-17-13-6-10-15(11-7-13)18(2)14-8-4-12(16)5-9-14/h4-5,8-9,13,15,17H,3,6-7,10-11H2,1-2H3. The molecular formula is C15H23FN2. The lowest BCUT2D eigenvalue weighted by Crippen LogP contribution is -2.40. The summed E-state index contributed by atoms with van der Waals surface area (Å²) in [6.07, 6.45) is 4.91. The van der Waals surface area contributed by atoms with E-state index < -0.39 is 0 Å². The summed E-state index contributed by atoms with van der Waals surface area (Å²) >= 11 is 0. The van der Waals surface area contributed by atoms with Gasteiger partial charge in [-0.15, -0.1) is 0 Å². The summed E-state index contributed by atoms with van der Waals surface area (Å²) < 4.78 is 12.9. The van der Waals surface area contributed by atoms with Gasteiger partial charge in [0.1, 0.15) is 5.82 Å². The maximum Gasteiger partial charge on any atom is 0.123 e. The first-order chi connectivity index (χ1) is 8.70. The molecule has 1 fully saturated rings. The maximum absolute atomic E-state index is 12.9. The highest BCUT2D eigenvalue weighted by atomic mass is 19.1. The van der Waals surface area contributed by atoms with Crippen molar-refractivity contribution >= 4 is 5.69 Å². The molecule has 0 amide bonds. The van der Waals surface area contributed by atoms with Gasteiger partial charge in [0.15, 0.2) is 0 Å². The fourth-order valence-corrected chi connectivity index (χ4v) is 2.84. The Morgan fingerprint density at radius 3 is 2.33 bits per heavy atom. The van der Waals surface area contributed by atoms with Crippen LogP contribution < -0.4 is 10.2 Å². The summed E-state index contributed by atoms with van der Waals surface area (Å²) in [6, 6.07) is 8.09. The highest BCUT2D eigenvalue weighted by molar-refractivity contribution is 5.46. The average Bonchev–Trinajstić information content (AvgIpc) is 2.40. The Kier molecular flexibility index (Phi) is 4.59. The van der Waals surface area contributed by atoms with Gasteiger partial charge in [-0.05, 0) is 56.5 Å². The molecule has 3 heteroatoms. The molecule has 0 aliphatic heterocycles. The molecule has 0 aromatic heterocycles. The predicted octanol–water partition coefficient (Wildman–Crippen LogP) is 3.18. The van der Waals surface area contributed by atoms with Gasteiger partial charge in [-0.25, -0.2) is 4.39 Å². The van der Waals surface area contributed by atoms with Crippen molar-refractivity contribution in [2.75, 3.05) is 18.5 Å². The van der Waals surface area contributed by atoms with E-state index in [-0.39, 0.29) is 5.82 Å². The summed E-state index contributed by atoms with van der Waals surface area (Å²) in [7, 11) is 2.12. The van der Waals surface area contributed by atoms with E-state index in [4.69, 9.17) is 0 Å². The summed E-state index contributed by atoms with van der Waals surface area (Å²) in [5, 5.41) is 3.52. The van der Waals surface area contributed by atoms with Gasteiger partial charge >= 0.3 is 0 Å². The summed E-state index contributed by atoms with van der Waals surface area (Å²) in [6.45, 7) is 3.22. The third kappa shape index (κ3) is 3.22. The zero-order chi connectivity index (χ0) is 13.0. The molecule has 2 rings (SSSR count). The number of nitrogens with one attached hydrogen (secondary N) is 1. The summed E-state index contributed by atoms with van der Waals surface area (Å²) in [5.41, 5.74) is 1.11. The van der Waals surface area contributed by atoms with E-state index >= 15 is 0 Å². The molecule has 2 nitrogen and oxygen atoms in total. The first-order valence-corrected chi connectivity index (χ1v) is 6.92. The normalized spacial score (nSPS) is 23.9. The second kappa shape index (κ2) is 6.19. The topological polar surface area (TPSA) is 15.3 Å². The molecule has 1 aromatic rings. The SMILES string of the molecule is CCNC1CCC(N(C)c2ccc(F)cc2)CC1. The van der Waals surface area contributed by atoms with E-state index in [9.17, 15) is 4.39 Å². The van der Waals surface area contributed by atoms with E-state index in [1.54, 1.807) is 0 Å². The zero-order valence-corrected chi connectivity index (χ0v) is 11.3. The predicted molar refractivity (Wildman–Crippen MR) is 74.5 cm³/mol. The minimum atomic E-state index is -0.164. The third-order valence-corrected chi connectivity index (χ3v) is 3.97. The van der Waals surface area contributed by atoms with Crippen LogP contribution in [0.4, 0.5) is 10.1 Å². The van der Waals surface area contributed by atoms with Gasteiger partial charge in [0.2, 0.25) is 0 Å². The van der Waals surface area contributed by atoms with Crippen LogP contribution in [0.15, 0.2) is 24.3 Å². The van der Waals surface area contributed by atoms with Gasteiger partial charge < -0.3 is 10.2 Å². The fourth-order valence-electron chi connectivity index (χ4n) is 2.84. The molecule has 1 N–H and O–H groups in total. The zero-order valence-electron chi connectivity index (χ0n) is 11.3. The van der Waals surface area contributed by atoms with Crippen LogP contribution in [0.1, 0.15) is 32.6 Å². The Balaban J connectivity index is 1.91. The van der Waals surface area contributed by atoms with Crippen molar-refractivity contribution in [2.24, 2.45) is 0 Å². The van der Waals surface area contributed by atoms with E-state index in [1.165, 1.54) is 37.8 Å². The molecule has 0 saturated heterocycles. The van der Waals surface area contributed by atoms with Crippen LogP contribution in [0.25, 0.3) is 0 Å². The van der Waals surface area contributed by atoms with Gasteiger partial charge in [-0.1, -0.05) is 6.92 Å². The van der Waals surface area contributed by atoms with Crippen molar-refractivity contribution in [2.45, 2.75) is 44.7 Å². The highest BCUT2D eigenvalue weighted by Gasteiger charge is 2.23. The number of nitrogens with zero attached hydrogens (tertiary/aromatic N) is 1. The van der Waals surface area contributed by atoms with Crippen LogP contribution >= 0.6 is 0 Å². The van der Waals surface area contributed by atoms with E-state index in [0.717, 1.165) is 12.2 Å². The minimum absolute atomic E-state index is 0.164. The van der Waals surface area contributed by atoms with Gasteiger partial charge in [0.05, 0.1) is 0 Å². The third-order valence-electron chi connectivity index (χ3n) is 3.97. The molecule has 1 aliphatic carbocycles. The van der Waals surface area contributed by atoms with Crippen LogP contribution in [0, 0.1) is 5.82 Å². The van der Waals surface area contributed by atoms with Crippen molar-refractivity contribution in [3.05, 3.63) is 30.1 Å². The average molecular weight is 250 g/mol. The lowest BCUT2D eigenvalue weighted by atomic mass is 9.90. The smallest absolute Gasteiger partial charge is 0.123 e. The molecule has 1 saturated carbocycles. The van der Waals surface area contributed by atoms with Crippen LogP contribution in [-0.2, 0) is 0 Å². The number of rotatable bonds is 4. The molecule has 0 heterocycles. The maximum atomic E-state index is 12.9. The monoisotopic (exact) mass is 250 g/mol. The number of benzene rings is 1. The van der Waals surface area contributed by atoms with Gasteiger partial charge in [0, 0.05) is 24.8 Å². The molecule has 0 spiro atoms. The lowest BCUT2D eigenvalue weighted by Gasteiger charge is -2.36. The Hall–Kier alpha value is -1.09. The lowest BCUT2D eigenvalue weighted by molar-refractivity contribution is 0.341. The van der Waals surface area contributed by atoms with Gasteiger partial charge in [-0.3, -0.25) is 0 Å². The molecule has 1 aromatic carbocycles. The molecule has 0 atom stereocenters. The van der Waals surface area contributed by atoms with E-state index in [0.29, 0.717) is 12.1 Å². The van der Waals surface area contributed by atoms with Crippen molar-refractivity contribution in [1.29, 1.82) is 0 Å². The molecule has 100 valence electrons. The molecule has 0 radical (unpaired) electrons. The molecule has 18 heavy (non-hydrogen) atoms. The van der Waals surface area contributed by atoms with Crippen molar-refractivity contribution in [3.8, 4) is 0 Å². The highest BCUT2D eigenvalue weighted by Crippen LogP contribution is 2.26. The Morgan fingerprint density at radius 2 is 1.78 bits per heavy atom. The van der Waals surface area contributed by atoms with Crippen molar-refractivity contribution < 1.29 is 4.39 Å². The number of halogens is 1. The van der Waals surface area contributed by atoms with Crippen molar-refractivity contribution in [3.63, 3.8) is 0 Å². The fraction of sp³-hybridized carbons (Fsp3) is 0.600. The van der Waals surface area contributed by atoms with Gasteiger partial charge in [0.25, 0.3) is 0 Å². The second-order valence-electron chi connectivity index (χ2n) is 5.15. The quantitative estimate of drug-likeness (QED) is 0.883. The summed E-state index contributed by atoms with van der Waals surface area (Å²) in [4.78, 5) is 2.29. The van der Waals surface area contributed by atoms with E-state index in [2.05, 4.69) is 24.2 Å². The van der Waals surface area contributed by atoms with Crippen LogP contribution in [0.5, 0.6) is 0 Å². The number of anilines is 1. The number of hydrogen-bond acceptors (Lipinski definition) is 2. The minimum Gasteiger partial charge on any atom is -0.372 e. The molecule has 1 aliphatic rings. The van der Waals surface area contributed by atoms with Crippen LogP contribution in [-0.4, -0.2) is 25.7 Å². The van der Waals surface area contributed by atoms with Crippen molar-refractivity contribution in [1.82, 2.24) is 5.32 Å².